The lowest BCUT2D eigenvalue weighted by Gasteiger charge is -2.30. The van der Waals surface area contributed by atoms with Crippen LogP contribution >= 0.6 is 0 Å². The first kappa shape index (κ1) is 16.3. The van der Waals surface area contributed by atoms with Gasteiger partial charge in [0.2, 0.25) is 11.8 Å². The van der Waals surface area contributed by atoms with E-state index in [1.165, 1.54) is 19.1 Å². The minimum Gasteiger partial charge on any atom is -0.491 e. The molecule has 0 saturated carbocycles. The molecule has 0 aliphatic carbocycles. The zero-order valence-corrected chi connectivity index (χ0v) is 12.9. The maximum absolute atomic E-state index is 13.7. The molecule has 0 spiro atoms. The van der Waals surface area contributed by atoms with Gasteiger partial charge in [-0.15, -0.1) is 0 Å². The van der Waals surface area contributed by atoms with Crippen molar-refractivity contribution in [1.82, 2.24) is 4.90 Å². The maximum atomic E-state index is 13.7. The molecule has 1 N–H and O–H groups in total. The molecule has 0 aromatic heterocycles. The number of anilines is 1. The first-order valence-corrected chi connectivity index (χ1v) is 7.50. The smallest absolute Gasteiger partial charge is 0.227 e. The van der Waals surface area contributed by atoms with E-state index in [0.717, 1.165) is 0 Å². The summed E-state index contributed by atoms with van der Waals surface area (Å²) in [7, 11) is 0. The van der Waals surface area contributed by atoms with Crippen molar-refractivity contribution in [1.29, 1.82) is 0 Å². The number of likely N-dealkylation sites (tertiary alicyclic amines) is 1. The third-order valence-electron chi connectivity index (χ3n) is 3.81. The molecular weight excluding hydrogens is 287 g/mol. The summed E-state index contributed by atoms with van der Waals surface area (Å²) in [5, 5.41) is 2.73. The van der Waals surface area contributed by atoms with Gasteiger partial charge >= 0.3 is 0 Å². The summed E-state index contributed by atoms with van der Waals surface area (Å²) in [4.78, 5) is 25.2. The van der Waals surface area contributed by atoms with Gasteiger partial charge in [0.05, 0.1) is 6.61 Å². The van der Waals surface area contributed by atoms with Crippen LogP contribution in [-0.4, -0.2) is 36.4 Å². The highest BCUT2D eigenvalue weighted by molar-refractivity contribution is 5.92. The second-order valence-corrected chi connectivity index (χ2v) is 5.35. The van der Waals surface area contributed by atoms with Gasteiger partial charge in [-0.3, -0.25) is 9.59 Å². The van der Waals surface area contributed by atoms with Crippen molar-refractivity contribution in [3.8, 4) is 5.75 Å². The molecule has 2 rings (SSSR count). The molecule has 0 radical (unpaired) electrons. The van der Waals surface area contributed by atoms with E-state index in [-0.39, 0.29) is 23.5 Å². The predicted molar refractivity (Wildman–Crippen MR) is 81.2 cm³/mol. The number of carbonyl (C=O) groups is 2. The highest BCUT2D eigenvalue weighted by atomic mass is 19.1. The molecule has 1 aliphatic heterocycles. The maximum Gasteiger partial charge on any atom is 0.227 e. The van der Waals surface area contributed by atoms with Crippen molar-refractivity contribution < 1.29 is 18.7 Å². The topological polar surface area (TPSA) is 58.6 Å². The van der Waals surface area contributed by atoms with Crippen LogP contribution in [0, 0.1) is 11.7 Å². The number of benzene rings is 1. The Bertz CT molecular complexity index is 554. The van der Waals surface area contributed by atoms with Crippen molar-refractivity contribution in [3.63, 3.8) is 0 Å². The molecular formula is C16H21FN2O3. The Morgan fingerprint density at radius 1 is 1.36 bits per heavy atom. The molecule has 5 nitrogen and oxygen atoms in total. The first-order valence-electron chi connectivity index (χ1n) is 7.50. The minimum absolute atomic E-state index is 0.0347. The number of nitrogens with zero attached hydrogens (tertiary/aromatic N) is 1. The summed E-state index contributed by atoms with van der Waals surface area (Å²) in [5.74, 6) is -0.564. The molecule has 0 unspecified atom stereocenters. The molecule has 22 heavy (non-hydrogen) atoms. The summed E-state index contributed by atoms with van der Waals surface area (Å²) in [6.45, 7) is 4.87. The monoisotopic (exact) mass is 308 g/mol. The van der Waals surface area contributed by atoms with E-state index in [1.807, 2.05) is 0 Å². The number of hydrogen-bond donors (Lipinski definition) is 1. The number of amides is 2. The minimum atomic E-state index is -0.494. The van der Waals surface area contributed by atoms with Gasteiger partial charge in [-0.2, -0.15) is 0 Å². The predicted octanol–water partition coefficient (Wildman–Crippen LogP) is 2.42. The quantitative estimate of drug-likeness (QED) is 0.929. The van der Waals surface area contributed by atoms with Gasteiger partial charge in [0.25, 0.3) is 0 Å². The van der Waals surface area contributed by atoms with Crippen LogP contribution < -0.4 is 10.1 Å². The van der Waals surface area contributed by atoms with Gasteiger partial charge in [-0.05, 0) is 31.9 Å². The fourth-order valence-electron chi connectivity index (χ4n) is 2.55. The van der Waals surface area contributed by atoms with E-state index in [9.17, 15) is 14.0 Å². The van der Waals surface area contributed by atoms with Crippen LogP contribution in [0.25, 0.3) is 0 Å². The van der Waals surface area contributed by atoms with E-state index < -0.39 is 5.82 Å². The fraction of sp³-hybridized carbons (Fsp3) is 0.500. The number of piperidine rings is 1. The SMILES string of the molecule is CCOc1ccc(NC(=O)C2CCN(C(C)=O)CC2)cc1F. The molecule has 1 aromatic carbocycles. The highest BCUT2D eigenvalue weighted by Crippen LogP contribution is 2.23. The van der Waals surface area contributed by atoms with E-state index in [1.54, 1.807) is 17.9 Å². The summed E-state index contributed by atoms with van der Waals surface area (Å²) in [6, 6.07) is 4.39. The van der Waals surface area contributed by atoms with E-state index in [0.29, 0.717) is 38.2 Å². The van der Waals surface area contributed by atoms with Crippen molar-refractivity contribution in [3.05, 3.63) is 24.0 Å². The van der Waals surface area contributed by atoms with Gasteiger partial charge < -0.3 is 15.0 Å². The van der Waals surface area contributed by atoms with E-state index in [4.69, 9.17) is 4.74 Å². The fourth-order valence-corrected chi connectivity index (χ4v) is 2.55. The van der Waals surface area contributed by atoms with Crippen LogP contribution in [0.4, 0.5) is 10.1 Å². The van der Waals surface area contributed by atoms with Gasteiger partial charge in [0, 0.05) is 37.7 Å². The Hall–Kier alpha value is -2.11. The molecule has 120 valence electrons. The zero-order chi connectivity index (χ0) is 16.1. The Kier molecular flexibility index (Phi) is 5.35. The lowest BCUT2D eigenvalue weighted by atomic mass is 9.96. The number of rotatable bonds is 4. The Labute approximate surface area is 129 Å². The highest BCUT2D eigenvalue weighted by Gasteiger charge is 2.26. The Morgan fingerprint density at radius 2 is 2.05 bits per heavy atom. The molecule has 0 bridgehead atoms. The Morgan fingerprint density at radius 3 is 2.59 bits per heavy atom. The lowest BCUT2D eigenvalue weighted by Crippen LogP contribution is -2.40. The molecule has 6 heteroatoms. The summed E-state index contributed by atoms with van der Waals surface area (Å²) >= 11 is 0. The van der Waals surface area contributed by atoms with E-state index >= 15 is 0 Å². The number of nitrogens with one attached hydrogen (secondary N) is 1. The zero-order valence-electron chi connectivity index (χ0n) is 12.9. The molecule has 1 aromatic rings. The van der Waals surface area contributed by atoms with Crippen LogP contribution in [0.2, 0.25) is 0 Å². The number of carbonyl (C=O) groups excluding carboxylic acids is 2. The van der Waals surface area contributed by atoms with Crippen LogP contribution in [0.5, 0.6) is 5.75 Å². The molecule has 1 fully saturated rings. The molecule has 0 atom stereocenters. The van der Waals surface area contributed by atoms with Gasteiger partial charge in [-0.1, -0.05) is 0 Å². The van der Waals surface area contributed by atoms with Gasteiger partial charge in [0.15, 0.2) is 11.6 Å². The first-order chi connectivity index (χ1) is 10.5. The second kappa shape index (κ2) is 7.24. The number of halogens is 1. The van der Waals surface area contributed by atoms with Crippen LogP contribution in [0.3, 0.4) is 0 Å². The third-order valence-corrected chi connectivity index (χ3v) is 3.81. The largest absolute Gasteiger partial charge is 0.491 e. The summed E-state index contributed by atoms with van der Waals surface area (Å²) in [6.07, 6.45) is 1.26. The van der Waals surface area contributed by atoms with Crippen molar-refractivity contribution in [2.75, 3.05) is 25.0 Å². The average Bonchev–Trinajstić information content (AvgIpc) is 2.50. The number of ether oxygens (including phenoxy) is 1. The van der Waals surface area contributed by atoms with Crippen LogP contribution in [0.1, 0.15) is 26.7 Å². The summed E-state index contributed by atoms with van der Waals surface area (Å²) < 4.78 is 18.9. The average molecular weight is 308 g/mol. The van der Waals surface area contributed by atoms with Crippen molar-refractivity contribution >= 4 is 17.5 Å². The Balaban J connectivity index is 1.92. The van der Waals surface area contributed by atoms with Crippen LogP contribution in [-0.2, 0) is 9.59 Å². The number of hydrogen-bond acceptors (Lipinski definition) is 3. The van der Waals surface area contributed by atoms with Crippen molar-refractivity contribution in [2.45, 2.75) is 26.7 Å². The molecule has 1 aliphatic rings. The summed E-state index contributed by atoms with van der Waals surface area (Å²) in [5.41, 5.74) is 0.417. The van der Waals surface area contributed by atoms with Gasteiger partial charge in [0.1, 0.15) is 0 Å². The molecule has 1 saturated heterocycles. The van der Waals surface area contributed by atoms with Crippen LogP contribution in [0.15, 0.2) is 18.2 Å². The molecule has 1 heterocycles. The third kappa shape index (κ3) is 3.96. The normalized spacial score (nSPS) is 15.5. The second-order valence-electron chi connectivity index (χ2n) is 5.35. The van der Waals surface area contributed by atoms with E-state index in [2.05, 4.69) is 5.32 Å². The molecule has 2 amide bonds. The standard InChI is InChI=1S/C16H21FN2O3/c1-3-22-15-5-4-13(10-14(15)17)18-16(21)12-6-8-19(9-7-12)11(2)20/h4-5,10,12H,3,6-9H2,1-2H3,(H,18,21). The van der Waals surface area contributed by atoms with Crippen molar-refractivity contribution in [2.24, 2.45) is 5.92 Å². The van der Waals surface area contributed by atoms with Gasteiger partial charge in [-0.25, -0.2) is 4.39 Å². The lowest BCUT2D eigenvalue weighted by molar-refractivity contribution is -0.132.